The lowest BCUT2D eigenvalue weighted by Gasteiger charge is -2.31. The van der Waals surface area contributed by atoms with Crippen molar-refractivity contribution < 1.29 is 13.6 Å². The van der Waals surface area contributed by atoms with Crippen molar-refractivity contribution in [1.29, 1.82) is 0 Å². The number of hydrogen-bond donors (Lipinski definition) is 0. The number of rotatable bonds is 3. The van der Waals surface area contributed by atoms with E-state index in [4.69, 9.17) is 0 Å². The highest BCUT2D eigenvalue weighted by Crippen LogP contribution is 2.13. The van der Waals surface area contributed by atoms with Crippen LogP contribution >= 0.6 is 0 Å². The van der Waals surface area contributed by atoms with Crippen molar-refractivity contribution in [3.8, 4) is 0 Å². The lowest BCUT2D eigenvalue weighted by molar-refractivity contribution is 0.0871. The van der Waals surface area contributed by atoms with Crippen LogP contribution < -0.4 is 0 Å². The maximum Gasteiger partial charge on any atom is 0.179 e. The molecule has 98 valence electrons. The average Bonchev–Trinajstić information content (AvgIpc) is 2.35. The third-order valence-corrected chi connectivity index (χ3v) is 3.22. The van der Waals surface area contributed by atoms with Crippen LogP contribution in [0.25, 0.3) is 0 Å². The molecule has 0 amide bonds. The van der Waals surface area contributed by atoms with E-state index in [9.17, 15) is 13.6 Å². The Hall–Kier alpha value is -1.33. The van der Waals surface area contributed by atoms with Crippen molar-refractivity contribution in [3.05, 3.63) is 35.4 Å². The molecule has 5 heteroatoms. The van der Waals surface area contributed by atoms with Gasteiger partial charge in [-0.3, -0.25) is 9.69 Å². The summed E-state index contributed by atoms with van der Waals surface area (Å²) in [7, 11) is 2.02. The molecule has 0 radical (unpaired) electrons. The lowest BCUT2D eigenvalue weighted by atomic mass is 10.1. The fraction of sp³-hybridized carbons (Fsp3) is 0.462. The second-order valence-electron chi connectivity index (χ2n) is 4.60. The summed E-state index contributed by atoms with van der Waals surface area (Å²) in [5.41, 5.74) is -0.158. The van der Waals surface area contributed by atoms with E-state index in [0.29, 0.717) is 0 Å². The summed E-state index contributed by atoms with van der Waals surface area (Å²) in [5, 5.41) is 0. The number of carbonyl (C=O) groups excluding carboxylic acids is 1. The van der Waals surface area contributed by atoms with Crippen LogP contribution in [0.3, 0.4) is 0 Å². The zero-order chi connectivity index (χ0) is 13.1. The minimum Gasteiger partial charge on any atom is -0.304 e. The number of hydrogen-bond acceptors (Lipinski definition) is 3. The number of likely N-dealkylation sites (N-methyl/N-ethyl adjacent to an activating group) is 1. The van der Waals surface area contributed by atoms with E-state index in [1.54, 1.807) is 0 Å². The molecule has 1 fully saturated rings. The molecule has 1 aromatic rings. The van der Waals surface area contributed by atoms with Crippen LogP contribution in [0.5, 0.6) is 0 Å². The zero-order valence-electron chi connectivity index (χ0n) is 10.3. The summed E-state index contributed by atoms with van der Waals surface area (Å²) >= 11 is 0. The first-order valence-corrected chi connectivity index (χ1v) is 5.96. The monoisotopic (exact) mass is 254 g/mol. The van der Waals surface area contributed by atoms with Crippen molar-refractivity contribution in [2.24, 2.45) is 0 Å². The van der Waals surface area contributed by atoms with Gasteiger partial charge < -0.3 is 4.90 Å². The average molecular weight is 254 g/mol. The van der Waals surface area contributed by atoms with E-state index >= 15 is 0 Å². The van der Waals surface area contributed by atoms with Gasteiger partial charge in [0.2, 0.25) is 0 Å². The Morgan fingerprint density at radius 1 is 1.22 bits per heavy atom. The number of nitrogens with zero attached hydrogens (tertiary/aromatic N) is 2. The van der Waals surface area contributed by atoms with Gasteiger partial charge in [-0.15, -0.1) is 0 Å². The topological polar surface area (TPSA) is 23.6 Å². The zero-order valence-corrected chi connectivity index (χ0v) is 10.3. The van der Waals surface area contributed by atoms with Gasteiger partial charge in [-0.25, -0.2) is 8.78 Å². The summed E-state index contributed by atoms with van der Waals surface area (Å²) in [6.07, 6.45) is 0. The summed E-state index contributed by atoms with van der Waals surface area (Å²) < 4.78 is 26.5. The minimum absolute atomic E-state index is 0.147. The Labute approximate surface area is 105 Å². The fourth-order valence-electron chi connectivity index (χ4n) is 2.01. The molecule has 0 N–H and O–H groups in total. The molecule has 0 spiro atoms. The van der Waals surface area contributed by atoms with Crippen molar-refractivity contribution in [3.63, 3.8) is 0 Å². The second kappa shape index (κ2) is 5.54. The van der Waals surface area contributed by atoms with Crippen LogP contribution in [0, 0.1) is 11.6 Å². The quantitative estimate of drug-likeness (QED) is 0.762. The standard InChI is InChI=1S/C13H16F2N2O/c1-16-5-7-17(8-6-16)9-12(18)10-3-2-4-11(14)13(10)15/h2-4H,5-9H2,1H3. The smallest absolute Gasteiger partial charge is 0.179 e. The van der Waals surface area contributed by atoms with Gasteiger partial charge in [-0.05, 0) is 19.2 Å². The molecule has 0 saturated carbocycles. The van der Waals surface area contributed by atoms with E-state index in [1.165, 1.54) is 12.1 Å². The van der Waals surface area contributed by atoms with Gasteiger partial charge in [0.25, 0.3) is 0 Å². The molecule has 0 unspecified atom stereocenters. The van der Waals surface area contributed by atoms with E-state index in [-0.39, 0.29) is 17.9 Å². The predicted molar refractivity (Wildman–Crippen MR) is 64.6 cm³/mol. The van der Waals surface area contributed by atoms with E-state index in [1.807, 2.05) is 11.9 Å². The normalized spacial score (nSPS) is 17.9. The molecule has 1 aliphatic heterocycles. The van der Waals surface area contributed by atoms with Crippen LogP contribution in [-0.4, -0.2) is 55.4 Å². The highest BCUT2D eigenvalue weighted by molar-refractivity contribution is 5.97. The molecule has 0 bridgehead atoms. The van der Waals surface area contributed by atoms with Gasteiger partial charge in [0.1, 0.15) is 0 Å². The SMILES string of the molecule is CN1CCN(CC(=O)c2cccc(F)c2F)CC1. The number of piperazine rings is 1. The highest BCUT2D eigenvalue weighted by atomic mass is 19.2. The molecule has 1 aromatic carbocycles. The van der Waals surface area contributed by atoms with Gasteiger partial charge in [-0.1, -0.05) is 6.07 Å². The van der Waals surface area contributed by atoms with Crippen LogP contribution in [-0.2, 0) is 0 Å². The van der Waals surface area contributed by atoms with Gasteiger partial charge in [0.15, 0.2) is 17.4 Å². The third kappa shape index (κ3) is 2.91. The fourth-order valence-corrected chi connectivity index (χ4v) is 2.01. The molecule has 0 aliphatic carbocycles. The number of halogens is 2. The van der Waals surface area contributed by atoms with Crippen LogP contribution in [0.1, 0.15) is 10.4 Å². The molecule has 1 heterocycles. The van der Waals surface area contributed by atoms with Gasteiger partial charge in [-0.2, -0.15) is 0 Å². The summed E-state index contributed by atoms with van der Waals surface area (Å²) in [4.78, 5) is 16.0. The van der Waals surface area contributed by atoms with E-state index in [2.05, 4.69) is 4.90 Å². The third-order valence-electron chi connectivity index (χ3n) is 3.22. The molecule has 2 rings (SSSR count). The molecule has 3 nitrogen and oxygen atoms in total. The molecular formula is C13H16F2N2O. The first-order valence-electron chi connectivity index (χ1n) is 5.96. The Balaban J connectivity index is 2.01. The predicted octanol–water partition coefficient (Wildman–Crippen LogP) is 1.39. The Bertz CT molecular complexity index is 443. The number of ketones is 1. The molecule has 0 aromatic heterocycles. The largest absolute Gasteiger partial charge is 0.304 e. The molecule has 1 aliphatic rings. The molecule has 1 saturated heterocycles. The van der Waals surface area contributed by atoms with Crippen molar-refractivity contribution in [2.45, 2.75) is 0 Å². The van der Waals surface area contributed by atoms with Crippen molar-refractivity contribution in [2.75, 3.05) is 39.8 Å². The van der Waals surface area contributed by atoms with Crippen LogP contribution in [0.4, 0.5) is 8.78 Å². The minimum atomic E-state index is -1.04. The maximum absolute atomic E-state index is 13.4. The molecule has 18 heavy (non-hydrogen) atoms. The number of Topliss-reactive ketones (excluding diaryl/α,β-unsaturated/α-hetero) is 1. The Morgan fingerprint density at radius 2 is 1.89 bits per heavy atom. The number of benzene rings is 1. The van der Waals surface area contributed by atoms with Crippen molar-refractivity contribution in [1.82, 2.24) is 9.80 Å². The van der Waals surface area contributed by atoms with Gasteiger partial charge in [0, 0.05) is 26.2 Å². The maximum atomic E-state index is 13.4. The van der Waals surface area contributed by atoms with Gasteiger partial charge in [0.05, 0.1) is 12.1 Å². The Kier molecular flexibility index (Phi) is 4.04. The summed E-state index contributed by atoms with van der Waals surface area (Å²) in [5.74, 6) is -2.38. The number of carbonyl (C=O) groups is 1. The Morgan fingerprint density at radius 3 is 2.56 bits per heavy atom. The van der Waals surface area contributed by atoms with Crippen molar-refractivity contribution >= 4 is 5.78 Å². The summed E-state index contributed by atoms with van der Waals surface area (Å²) in [6.45, 7) is 3.48. The first-order chi connectivity index (χ1) is 8.58. The molecular weight excluding hydrogens is 238 g/mol. The van der Waals surface area contributed by atoms with E-state index < -0.39 is 11.6 Å². The van der Waals surface area contributed by atoms with Crippen LogP contribution in [0.15, 0.2) is 18.2 Å². The lowest BCUT2D eigenvalue weighted by Crippen LogP contribution is -2.46. The summed E-state index contributed by atoms with van der Waals surface area (Å²) in [6, 6.07) is 3.70. The molecule has 0 atom stereocenters. The van der Waals surface area contributed by atoms with E-state index in [0.717, 1.165) is 32.2 Å². The first kappa shape index (κ1) is 13.1. The van der Waals surface area contributed by atoms with Crippen LogP contribution in [0.2, 0.25) is 0 Å². The van der Waals surface area contributed by atoms with Gasteiger partial charge >= 0.3 is 0 Å². The second-order valence-corrected chi connectivity index (χ2v) is 4.60. The highest BCUT2D eigenvalue weighted by Gasteiger charge is 2.20.